The molecule has 1 rings (SSSR count). The van der Waals surface area contributed by atoms with Crippen LogP contribution in [0.25, 0.3) is 0 Å². The van der Waals surface area contributed by atoms with Crippen molar-refractivity contribution in [1.82, 2.24) is 0 Å². The smallest absolute Gasteiger partial charge is 0.132 e. The first kappa shape index (κ1) is 12.4. The molecule has 2 nitrogen and oxygen atoms in total. The molecule has 2 atom stereocenters. The number of aliphatic hydroxyl groups excluding tert-OH is 1. The van der Waals surface area contributed by atoms with Gasteiger partial charge in [-0.3, -0.25) is 0 Å². The van der Waals surface area contributed by atoms with Gasteiger partial charge in [0.25, 0.3) is 0 Å². The summed E-state index contributed by atoms with van der Waals surface area (Å²) in [5.41, 5.74) is -0.590. The molecule has 1 aliphatic carbocycles. The minimum absolute atomic E-state index is 0.479. The Bertz CT molecular complexity index is 233. The number of hydrogen-bond donors (Lipinski definition) is 1. The lowest BCUT2D eigenvalue weighted by atomic mass is 9.74. The number of aliphatic hydroxyl groups is 1. The molecule has 0 fully saturated rings. The molecule has 0 aromatic heterocycles. The Hall–Kier alpha value is -0.630. The molecular formula is C13H22O2. The average molecular weight is 210 g/mol. The van der Waals surface area contributed by atoms with Crippen LogP contribution in [0.4, 0.5) is 0 Å². The number of aldehydes is 1. The molecule has 0 spiro atoms. The van der Waals surface area contributed by atoms with E-state index in [9.17, 15) is 9.90 Å². The third-order valence-electron chi connectivity index (χ3n) is 3.27. The SMILES string of the molecule is CC(C)CCCC1(C=O)C=CCCC1O. The van der Waals surface area contributed by atoms with Gasteiger partial charge in [0.05, 0.1) is 11.5 Å². The van der Waals surface area contributed by atoms with Gasteiger partial charge in [0, 0.05) is 0 Å². The Labute approximate surface area is 92.4 Å². The van der Waals surface area contributed by atoms with Gasteiger partial charge in [-0.05, 0) is 25.2 Å². The first-order valence-corrected chi connectivity index (χ1v) is 5.93. The minimum Gasteiger partial charge on any atom is -0.392 e. The lowest BCUT2D eigenvalue weighted by Crippen LogP contribution is -2.36. The maximum absolute atomic E-state index is 11.2. The van der Waals surface area contributed by atoms with Crippen LogP contribution in [-0.2, 0) is 4.79 Å². The van der Waals surface area contributed by atoms with Crippen LogP contribution in [0.1, 0.15) is 46.0 Å². The fourth-order valence-corrected chi connectivity index (χ4v) is 2.18. The lowest BCUT2D eigenvalue weighted by molar-refractivity contribution is -0.120. The van der Waals surface area contributed by atoms with Crippen molar-refractivity contribution in [3.63, 3.8) is 0 Å². The zero-order chi connectivity index (χ0) is 11.3. The summed E-state index contributed by atoms with van der Waals surface area (Å²) >= 11 is 0. The molecule has 2 unspecified atom stereocenters. The van der Waals surface area contributed by atoms with Crippen LogP contribution < -0.4 is 0 Å². The number of hydrogen-bond acceptors (Lipinski definition) is 2. The Morgan fingerprint density at radius 1 is 1.60 bits per heavy atom. The van der Waals surface area contributed by atoms with Crippen LogP contribution in [0.2, 0.25) is 0 Å². The molecule has 0 bridgehead atoms. The van der Waals surface area contributed by atoms with Gasteiger partial charge in [0.2, 0.25) is 0 Å². The Morgan fingerprint density at radius 2 is 2.33 bits per heavy atom. The highest BCUT2D eigenvalue weighted by atomic mass is 16.3. The molecule has 0 radical (unpaired) electrons. The van der Waals surface area contributed by atoms with E-state index < -0.39 is 11.5 Å². The quantitative estimate of drug-likeness (QED) is 0.559. The normalized spacial score (nSPS) is 30.8. The summed E-state index contributed by atoms with van der Waals surface area (Å²) in [5.74, 6) is 0.665. The van der Waals surface area contributed by atoms with Crippen molar-refractivity contribution in [3.05, 3.63) is 12.2 Å². The van der Waals surface area contributed by atoms with Gasteiger partial charge >= 0.3 is 0 Å². The first-order valence-electron chi connectivity index (χ1n) is 5.93. The molecule has 2 heteroatoms. The average Bonchev–Trinajstić information content (AvgIpc) is 2.21. The molecule has 1 N–H and O–H groups in total. The van der Waals surface area contributed by atoms with Crippen LogP contribution in [0.5, 0.6) is 0 Å². The Kier molecular flexibility index (Phi) is 4.52. The van der Waals surface area contributed by atoms with Crippen molar-refractivity contribution < 1.29 is 9.90 Å². The zero-order valence-electron chi connectivity index (χ0n) is 9.78. The van der Waals surface area contributed by atoms with Crippen molar-refractivity contribution >= 4 is 6.29 Å². The maximum atomic E-state index is 11.2. The molecule has 0 heterocycles. The molecule has 86 valence electrons. The van der Waals surface area contributed by atoms with E-state index in [0.717, 1.165) is 38.4 Å². The van der Waals surface area contributed by atoms with E-state index in [1.807, 2.05) is 12.2 Å². The van der Waals surface area contributed by atoms with Gasteiger partial charge in [-0.2, -0.15) is 0 Å². The molecule has 0 saturated heterocycles. The maximum Gasteiger partial charge on any atom is 0.132 e. The van der Waals surface area contributed by atoms with Gasteiger partial charge in [0.1, 0.15) is 6.29 Å². The highest BCUT2D eigenvalue weighted by Gasteiger charge is 2.36. The fourth-order valence-electron chi connectivity index (χ4n) is 2.18. The number of allylic oxidation sites excluding steroid dienone is 1. The van der Waals surface area contributed by atoms with Crippen LogP contribution >= 0.6 is 0 Å². The van der Waals surface area contributed by atoms with Gasteiger partial charge in [-0.1, -0.05) is 38.8 Å². The third-order valence-corrected chi connectivity index (χ3v) is 3.27. The van der Waals surface area contributed by atoms with Gasteiger partial charge < -0.3 is 9.90 Å². The number of carbonyl (C=O) groups excluding carboxylic acids is 1. The second-order valence-electron chi connectivity index (χ2n) is 5.01. The van der Waals surface area contributed by atoms with Gasteiger partial charge in [-0.25, -0.2) is 0 Å². The highest BCUT2D eigenvalue weighted by Crippen LogP contribution is 2.34. The van der Waals surface area contributed by atoms with Crippen LogP contribution in [0, 0.1) is 11.3 Å². The van der Waals surface area contributed by atoms with E-state index in [2.05, 4.69) is 13.8 Å². The summed E-state index contributed by atoms with van der Waals surface area (Å²) in [6.45, 7) is 4.36. The van der Waals surface area contributed by atoms with E-state index in [-0.39, 0.29) is 0 Å². The summed E-state index contributed by atoms with van der Waals surface area (Å²) in [5, 5.41) is 9.90. The van der Waals surface area contributed by atoms with Gasteiger partial charge in [0.15, 0.2) is 0 Å². The lowest BCUT2D eigenvalue weighted by Gasteiger charge is -2.33. The summed E-state index contributed by atoms with van der Waals surface area (Å²) < 4.78 is 0. The number of rotatable bonds is 5. The second kappa shape index (κ2) is 5.45. The van der Waals surface area contributed by atoms with E-state index in [4.69, 9.17) is 0 Å². The van der Waals surface area contributed by atoms with Crippen LogP contribution in [0.15, 0.2) is 12.2 Å². The van der Waals surface area contributed by atoms with Crippen molar-refractivity contribution in [2.24, 2.45) is 11.3 Å². The summed E-state index contributed by atoms with van der Waals surface area (Å²) in [6, 6.07) is 0. The standard InChI is InChI=1S/C13H22O2/c1-11(2)6-5-9-13(10-14)8-4-3-7-12(13)15/h4,8,10-12,15H,3,5-7,9H2,1-2H3. The largest absolute Gasteiger partial charge is 0.392 e. The number of carbonyl (C=O) groups is 1. The summed E-state index contributed by atoms with van der Waals surface area (Å²) in [4.78, 5) is 11.2. The third kappa shape index (κ3) is 3.16. The second-order valence-corrected chi connectivity index (χ2v) is 5.01. The fraction of sp³-hybridized carbons (Fsp3) is 0.769. The zero-order valence-corrected chi connectivity index (χ0v) is 9.78. The van der Waals surface area contributed by atoms with Gasteiger partial charge in [-0.15, -0.1) is 0 Å². The highest BCUT2D eigenvalue weighted by molar-refractivity contribution is 5.64. The summed E-state index contributed by atoms with van der Waals surface area (Å²) in [6.07, 6.45) is 8.92. The van der Waals surface area contributed by atoms with E-state index in [1.54, 1.807) is 0 Å². The topological polar surface area (TPSA) is 37.3 Å². The molecular weight excluding hydrogens is 188 g/mol. The molecule has 0 amide bonds. The predicted molar refractivity (Wildman–Crippen MR) is 61.6 cm³/mol. The minimum atomic E-state index is -0.590. The van der Waals surface area contributed by atoms with Crippen molar-refractivity contribution in [2.75, 3.05) is 0 Å². The van der Waals surface area contributed by atoms with Crippen LogP contribution in [-0.4, -0.2) is 17.5 Å². The molecule has 0 aromatic rings. The molecule has 0 aromatic carbocycles. The molecule has 0 saturated carbocycles. The Balaban J connectivity index is 2.55. The van der Waals surface area contributed by atoms with E-state index >= 15 is 0 Å². The van der Waals surface area contributed by atoms with Crippen LogP contribution in [0.3, 0.4) is 0 Å². The van der Waals surface area contributed by atoms with E-state index in [1.165, 1.54) is 0 Å². The van der Waals surface area contributed by atoms with Crippen molar-refractivity contribution in [2.45, 2.75) is 52.1 Å². The van der Waals surface area contributed by atoms with Crippen molar-refractivity contribution in [1.29, 1.82) is 0 Å². The Morgan fingerprint density at radius 3 is 2.87 bits per heavy atom. The van der Waals surface area contributed by atoms with Crippen molar-refractivity contribution in [3.8, 4) is 0 Å². The van der Waals surface area contributed by atoms with E-state index in [0.29, 0.717) is 5.92 Å². The summed E-state index contributed by atoms with van der Waals surface area (Å²) in [7, 11) is 0. The molecule has 1 aliphatic rings. The molecule has 15 heavy (non-hydrogen) atoms. The predicted octanol–water partition coefficient (Wildman–Crippen LogP) is 2.71. The monoisotopic (exact) mass is 210 g/mol. The molecule has 0 aliphatic heterocycles. The first-order chi connectivity index (χ1) is 7.10.